The zero-order valence-corrected chi connectivity index (χ0v) is 10.7. The van der Waals surface area contributed by atoms with Crippen molar-refractivity contribution in [3.05, 3.63) is 52.6 Å². The fourth-order valence-electron chi connectivity index (χ4n) is 1.49. The number of nitrogens with zero attached hydrogens (tertiary/aromatic N) is 1. The van der Waals surface area contributed by atoms with Crippen LogP contribution < -0.4 is 4.74 Å². The molecule has 88 valence electrons. The van der Waals surface area contributed by atoms with Gasteiger partial charge in [0, 0.05) is 12.7 Å². The van der Waals surface area contributed by atoms with Gasteiger partial charge in [0.1, 0.15) is 10.4 Å². The minimum Gasteiger partial charge on any atom is -0.439 e. The number of aliphatic hydroxyl groups is 1. The molecule has 1 N–H and O–H groups in total. The lowest BCUT2D eigenvalue weighted by Crippen LogP contribution is -1.96. The Bertz CT molecular complexity index is 502. The van der Waals surface area contributed by atoms with Gasteiger partial charge in [0.05, 0.1) is 0 Å². The van der Waals surface area contributed by atoms with Crippen LogP contribution in [0.15, 0.2) is 47.1 Å². The number of rotatable bonds is 4. The number of pyridine rings is 1. The summed E-state index contributed by atoms with van der Waals surface area (Å²) in [5.41, 5.74) is 0.969. The lowest BCUT2D eigenvalue weighted by Gasteiger charge is -2.09. The van der Waals surface area contributed by atoms with Crippen LogP contribution >= 0.6 is 15.9 Å². The van der Waals surface area contributed by atoms with Gasteiger partial charge in [-0.1, -0.05) is 24.3 Å². The minimum absolute atomic E-state index is 0.103. The van der Waals surface area contributed by atoms with Crippen molar-refractivity contribution in [1.29, 1.82) is 0 Å². The number of hydrogen-bond donors (Lipinski definition) is 1. The van der Waals surface area contributed by atoms with E-state index in [4.69, 9.17) is 9.84 Å². The molecular formula is C13H12BrNO2. The third-order valence-electron chi connectivity index (χ3n) is 2.26. The van der Waals surface area contributed by atoms with E-state index in [0.29, 0.717) is 12.3 Å². The van der Waals surface area contributed by atoms with E-state index in [9.17, 15) is 0 Å². The van der Waals surface area contributed by atoms with E-state index < -0.39 is 0 Å². The molecule has 1 aromatic heterocycles. The molecular weight excluding hydrogens is 282 g/mol. The lowest BCUT2D eigenvalue weighted by atomic mass is 10.1. The molecule has 0 amide bonds. The second kappa shape index (κ2) is 5.80. The fraction of sp³-hybridized carbons (Fsp3) is 0.154. The Morgan fingerprint density at radius 2 is 1.94 bits per heavy atom. The molecule has 1 aromatic carbocycles. The van der Waals surface area contributed by atoms with E-state index in [1.807, 2.05) is 36.4 Å². The number of para-hydroxylation sites is 1. The van der Waals surface area contributed by atoms with Crippen molar-refractivity contribution < 1.29 is 9.84 Å². The summed E-state index contributed by atoms with van der Waals surface area (Å²) in [4.78, 5) is 4.20. The number of halogens is 1. The van der Waals surface area contributed by atoms with Crippen LogP contribution in [0.5, 0.6) is 11.6 Å². The normalized spacial score (nSPS) is 10.2. The SMILES string of the molecule is OCCc1ccccc1Oc1cccc(Br)n1. The Balaban J connectivity index is 2.23. The third-order valence-corrected chi connectivity index (χ3v) is 2.70. The van der Waals surface area contributed by atoms with Crippen molar-refractivity contribution in [2.45, 2.75) is 6.42 Å². The molecule has 0 aliphatic rings. The predicted octanol–water partition coefficient (Wildman–Crippen LogP) is 3.17. The number of benzene rings is 1. The van der Waals surface area contributed by atoms with Gasteiger partial charge in [-0.25, -0.2) is 4.98 Å². The zero-order valence-electron chi connectivity index (χ0n) is 9.14. The minimum atomic E-state index is 0.103. The van der Waals surface area contributed by atoms with Gasteiger partial charge in [0.15, 0.2) is 0 Å². The summed E-state index contributed by atoms with van der Waals surface area (Å²) in [5.74, 6) is 1.26. The van der Waals surface area contributed by atoms with Gasteiger partial charge in [-0.05, 0) is 40.0 Å². The van der Waals surface area contributed by atoms with Crippen LogP contribution in [-0.4, -0.2) is 16.7 Å². The molecule has 4 heteroatoms. The number of hydrogen-bond acceptors (Lipinski definition) is 3. The molecule has 0 fully saturated rings. The summed E-state index contributed by atoms with van der Waals surface area (Å²) < 4.78 is 6.42. The molecule has 3 nitrogen and oxygen atoms in total. The van der Waals surface area contributed by atoms with Crippen molar-refractivity contribution in [2.24, 2.45) is 0 Å². The summed E-state index contributed by atoms with van der Waals surface area (Å²) in [6, 6.07) is 13.1. The van der Waals surface area contributed by atoms with Gasteiger partial charge in [0.2, 0.25) is 5.88 Å². The number of ether oxygens (including phenoxy) is 1. The first kappa shape index (κ1) is 12.1. The maximum absolute atomic E-state index is 8.98. The Kier molecular flexibility index (Phi) is 4.12. The molecule has 0 saturated carbocycles. The second-order valence-electron chi connectivity index (χ2n) is 3.48. The molecule has 2 aromatic rings. The highest BCUT2D eigenvalue weighted by atomic mass is 79.9. The van der Waals surface area contributed by atoms with Gasteiger partial charge in [-0.3, -0.25) is 0 Å². The van der Waals surface area contributed by atoms with Crippen LogP contribution in [0.3, 0.4) is 0 Å². The summed E-state index contributed by atoms with van der Waals surface area (Å²) in [6.07, 6.45) is 0.574. The van der Waals surface area contributed by atoms with Crippen LogP contribution in [0.2, 0.25) is 0 Å². The monoisotopic (exact) mass is 293 g/mol. The van der Waals surface area contributed by atoms with E-state index in [-0.39, 0.29) is 6.61 Å². The lowest BCUT2D eigenvalue weighted by molar-refractivity contribution is 0.297. The molecule has 17 heavy (non-hydrogen) atoms. The summed E-state index contributed by atoms with van der Waals surface area (Å²) >= 11 is 3.29. The topological polar surface area (TPSA) is 42.4 Å². The van der Waals surface area contributed by atoms with Crippen molar-refractivity contribution in [3.8, 4) is 11.6 Å². The Hall–Kier alpha value is -1.39. The molecule has 0 saturated heterocycles. The maximum atomic E-state index is 8.98. The van der Waals surface area contributed by atoms with Crippen molar-refractivity contribution >= 4 is 15.9 Å². The van der Waals surface area contributed by atoms with Gasteiger partial charge >= 0.3 is 0 Å². The van der Waals surface area contributed by atoms with Crippen molar-refractivity contribution in [1.82, 2.24) is 4.98 Å². The van der Waals surface area contributed by atoms with E-state index in [0.717, 1.165) is 15.9 Å². The smallest absolute Gasteiger partial charge is 0.220 e. The second-order valence-corrected chi connectivity index (χ2v) is 4.29. The van der Waals surface area contributed by atoms with Crippen molar-refractivity contribution in [3.63, 3.8) is 0 Å². The molecule has 0 aliphatic heterocycles. The highest BCUT2D eigenvalue weighted by molar-refractivity contribution is 9.10. The van der Waals surface area contributed by atoms with Crippen LogP contribution in [0.25, 0.3) is 0 Å². The van der Waals surface area contributed by atoms with Crippen molar-refractivity contribution in [2.75, 3.05) is 6.61 Å². The largest absolute Gasteiger partial charge is 0.439 e. The molecule has 0 spiro atoms. The number of aromatic nitrogens is 1. The molecule has 0 aliphatic carbocycles. The maximum Gasteiger partial charge on any atom is 0.220 e. The first-order chi connectivity index (χ1) is 8.29. The Morgan fingerprint density at radius 1 is 1.12 bits per heavy atom. The highest BCUT2D eigenvalue weighted by Gasteiger charge is 2.04. The first-order valence-electron chi connectivity index (χ1n) is 5.29. The standard InChI is InChI=1S/C13H12BrNO2/c14-12-6-3-7-13(15-12)17-11-5-2-1-4-10(11)8-9-16/h1-7,16H,8-9H2. The molecule has 2 rings (SSSR count). The third kappa shape index (κ3) is 3.28. The van der Waals surface area contributed by atoms with E-state index in [1.165, 1.54) is 0 Å². The van der Waals surface area contributed by atoms with Gasteiger partial charge in [0.25, 0.3) is 0 Å². The van der Waals surface area contributed by atoms with Crippen LogP contribution in [0.4, 0.5) is 0 Å². The summed E-state index contributed by atoms with van der Waals surface area (Å²) in [5, 5.41) is 8.98. The summed E-state index contributed by atoms with van der Waals surface area (Å²) in [7, 11) is 0. The van der Waals surface area contributed by atoms with Crippen LogP contribution in [-0.2, 0) is 6.42 Å². The molecule has 0 bridgehead atoms. The molecule has 0 atom stereocenters. The van der Waals surface area contributed by atoms with Gasteiger partial charge in [-0.15, -0.1) is 0 Å². The van der Waals surface area contributed by atoms with Gasteiger partial charge < -0.3 is 9.84 Å². The van der Waals surface area contributed by atoms with E-state index in [1.54, 1.807) is 6.07 Å². The summed E-state index contributed by atoms with van der Waals surface area (Å²) in [6.45, 7) is 0.103. The van der Waals surface area contributed by atoms with Crippen LogP contribution in [0.1, 0.15) is 5.56 Å². The number of aliphatic hydroxyl groups excluding tert-OH is 1. The Labute approximate surface area is 108 Å². The highest BCUT2D eigenvalue weighted by Crippen LogP contribution is 2.25. The first-order valence-corrected chi connectivity index (χ1v) is 6.08. The van der Waals surface area contributed by atoms with E-state index >= 15 is 0 Å². The zero-order chi connectivity index (χ0) is 12.1. The average molecular weight is 294 g/mol. The predicted molar refractivity (Wildman–Crippen MR) is 69.2 cm³/mol. The molecule has 1 heterocycles. The molecule has 0 radical (unpaired) electrons. The van der Waals surface area contributed by atoms with Crippen LogP contribution in [0, 0.1) is 0 Å². The van der Waals surface area contributed by atoms with E-state index in [2.05, 4.69) is 20.9 Å². The fourth-order valence-corrected chi connectivity index (χ4v) is 1.82. The molecule has 0 unspecified atom stereocenters. The average Bonchev–Trinajstić information content (AvgIpc) is 2.32. The quantitative estimate of drug-likeness (QED) is 0.881. The van der Waals surface area contributed by atoms with Gasteiger partial charge in [-0.2, -0.15) is 0 Å². The Morgan fingerprint density at radius 3 is 2.71 bits per heavy atom.